The van der Waals surface area contributed by atoms with Crippen molar-refractivity contribution >= 4 is 35.2 Å². The van der Waals surface area contributed by atoms with Crippen LogP contribution in [-0.2, 0) is 14.3 Å². The highest BCUT2D eigenvalue weighted by Gasteiger charge is 2.37. The number of ether oxygens (including phenoxy) is 2. The lowest BCUT2D eigenvalue weighted by Gasteiger charge is -2.18. The van der Waals surface area contributed by atoms with E-state index in [1.165, 1.54) is 12.0 Å². The molecule has 3 rings (SSSR count). The third kappa shape index (κ3) is 3.59. The summed E-state index contributed by atoms with van der Waals surface area (Å²) in [4.78, 5) is 27.0. The number of carbonyl (C=O) groups excluding carboxylic acids is 2. The zero-order valence-corrected chi connectivity index (χ0v) is 15.9. The van der Waals surface area contributed by atoms with Crippen molar-refractivity contribution in [1.29, 1.82) is 0 Å². The maximum atomic E-state index is 13.1. The van der Waals surface area contributed by atoms with Gasteiger partial charge >= 0.3 is 5.97 Å². The Kier molecular flexibility index (Phi) is 5.33. The number of benzene rings is 2. The Morgan fingerprint density at radius 1 is 1.11 bits per heavy atom. The van der Waals surface area contributed by atoms with Crippen molar-refractivity contribution in [2.24, 2.45) is 0 Å². The Labute approximate surface area is 162 Å². The van der Waals surface area contributed by atoms with Gasteiger partial charge in [0.05, 0.1) is 31.1 Å². The van der Waals surface area contributed by atoms with Gasteiger partial charge in [-0.1, -0.05) is 29.8 Å². The van der Waals surface area contributed by atoms with Crippen molar-refractivity contribution in [1.82, 2.24) is 0 Å². The van der Waals surface area contributed by atoms with Crippen molar-refractivity contribution in [3.8, 4) is 5.75 Å². The molecule has 0 aliphatic carbocycles. The summed E-state index contributed by atoms with van der Waals surface area (Å²) in [5.74, 6) is -0.175. The first kappa shape index (κ1) is 18.7. The predicted octanol–water partition coefficient (Wildman–Crippen LogP) is 4.23. The van der Waals surface area contributed by atoms with E-state index in [1.807, 2.05) is 12.1 Å². The number of hydrogen-bond donors (Lipinski definition) is 0. The lowest BCUT2D eigenvalue weighted by molar-refractivity contribution is -0.136. The molecular formula is C21H18ClNO4. The maximum Gasteiger partial charge on any atom is 0.340 e. The summed E-state index contributed by atoms with van der Waals surface area (Å²) in [6, 6.07) is 14.1. The minimum atomic E-state index is -0.565. The molecule has 1 amide bonds. The summed E-state index contributed by atoms with van der Waals surface area (Å²) in [6.07, 6.45) is 1.67. The Hall–Kier alpha value is -3.05. The highest BCUT2D eigenvalue weighted by molar-refractivity contribution is 6.31. The number of methoxy groups -OCH3 is 2. The molecule has 0 bridgehead atoms. The van der Waals surface area contributed by atoms with E-state index < -0.39 is 5.97 Å². The first-order valence-corrected chi connectivity index (χ1v) is 8.59. The first-order chi connectivity index (χ1) is 13.0. The Bertz CT molecular complexity index is 960. The second kappa shape index (κ2) is 7.68. The predicted molar refractivity (Wildman–Crippen MR) is 105 cm³/mol. The van der Waals surface area contributed by atoms with Crippen molar-refractivity contribution < 1.29 is 19.1 Å². The van der Waals surface area contributed by atoms with Gasteiger partial charge in [-0.05, 0) is 48.9 Å². The molecule has 0 aromatic heterocycles. The summed E-state index contributed by atoms with van der Waals surface area (Å²) in [5, 5.41) is 0.500. The highest BCUT2D eigenvalue weighted by atomic mass is 35.5. The summed E-state index contributed by atoms with van der Waals surface area (Å²) >= 11 is 6.07. The Balaban J connectivity index is 2.10. The minimum Gasteiger partial charge on any atom is -0.497 e. The van der Waals surface area contributed by atoms with E-state index in [4.69, 9.17) is 21.1 Å². The van der Waals surface area contributed by atoms with Gasteiger partial charge in [0.1, 0.15) is 5.75 Å². The third-order valence-electron chi connectivity index (χ3n) is 4.28. The SMILES string of the molecule is COC(=O)C1=C(C)N(c2cccc(Cl)c2)C(=O)/C1=C\c1ccc(OC)cc1. The van der Waals surface area contributed by atoms with Crippen LogP contribution in [0.25, 0.3) is 6.08 Å². The average molecular weight is 384 g/mol. The fourth-order valence-corrected chi connectivity index (χ4v) is 3.16. The number of amides is 1. The zero-order chi connectivity index (χ0) is 19.6. The minimum absolute atomic E-state index is 0.235. The largest absolute Gasteiger partial charge is 0.497 e. The molecular weight excluding hydrogens is 366 g/mol. The van der Waals surface area contributed by atoms with E-state index >= 15 is 0 Å². The molecule has 0 unspecified atom stereocenters. The molecule has 0 fully saturated rings. The summed E-state index contributed by atoms with van der Waals surface area (Å²) in [7, 11) is 2.87. The number of anilines is 1. The smallest absolute Gasteiger partial charge is 0.340 e. The fraction of sp³-hybridized carbons (Fsp3) is 0.143. The summed E-state index contributed by atoms with van der Waals surface area (Å²) in [6.45, 7) is 1.71. The number of hydrogen-bond acceptors (Lipinski definition) is 4. The van der Waals surface area contributed by atoms with Gasteiger partial charge in [0.2, 0.25) is 0 Å². The molecule has 0 saturated carbocycles. The molecule has 0 atom stereocenters. The third-order valence-corrected chi connectivity index (χ3v) is 4.52. The van der Waals surface area contributed by atoms with Crippen LogP contribution in [0.2, 0.25) is 5.02 Å². The number of nitrogens with zero attached hydrogens (tertiary/aromatic N) is 1. The Morgan fingerprint density at radius 2 is 1.81 bits per heavy atom. The Morgan fingerprint density at radius 3 is 2.41 bits per heavy atom. The number of halogens is 1. The van der Waals surface area contributed by atoms with Crippen LogP contribution in [0.4, 0.5) is 5.69 Å². The molecule has 138 valence electrons. The second-order valence-electron chi connectivity index (χ2n) is 5.90. The normalized spacial score (nSPS) is 15.5. The van der Waals surface area contributed by atoms with Gasteiger partial charge in [0.15, 0.2) is 0 Å². The molecule has 1 heterocycles. The second-order valence-corrected chi connectivity index (χ2v) is 6.34. The van der Waals surface area contributed by atoms with Gasteiger partial charge in [-0.15, -0.1) is 0 Å². The van der Waals surface area contributed by atoms with Crippen LogP contribution < -0.4 is 9.64 Å². The molecule has 1 aliphatic heterocycles. The molecule has 0 N–H and O–H groups in total. The van der Waals surface area contributed by atoms with Crippen molar-refractivity contribution in [2.75, 3.05) is 19.1 Å². The standard InChI is InChI=1S/C21H18ClNO4/c1-13-19(21(25)27-3)18(11-14-7-9-17(26-2)10-8-14)20(24)23(13)16-6-4-5-15(22)12-16/h4-12H,1-3H3/b18-11-. The average Bonchev–Trinajstić information content (AvgIpc) is 2.91. The molecule has 0 radical (unpaired) electrons. The van der Waals surface area contributed by atoms with Crippen molar-refractivity contribution in [3.05, 3.63) is 76.0 Å². The zero-order valence-electron chi connectivity index (χ0n) is 15.2. The van der Waals surface area contributed by atoms with E-state index in [-0.39, 0.29) is 17.1 Å². The van der Waals surface area contributed by atoms with Gasteiger partial charge in [-0.3, -0.25) is 9.69 Å². The van der Waals surface area contributed by atoms with Crippen LogP contribution in [0.1, 0.15) is 12.5 Å². The van der Waals surface area contributed by atoms with E-state index in [9.17, 15) is 9.59 Å². The summed E-state index contributed by atoms with van der Waals surface area (Å²) < 4.78 is 10.1. The lowest BCUT2D eigenvalue weighted by Crippen LogP contribution is -2.24. The van der Waals surface area contributed by atoms with Crippen LogP contribution in [0, 0.1) is 0 Å². The van der Waals surface area contributed by atoms with Crippen molar-refractivity contribution in [2.45, 2.75) is 6.92 Å². The molecule has 2 aromatic rings. The van der Waals surface area contributed by atoms with Gasteiger partial charge in [0.25, 0.3) is 5.91 Å². The number of allylic oxidation sites excluding steroid dienone is 1. The van der Waals surface area contributed by atoms with Gasteiger partial charge in [0, 0.05) is 10.7 Å². The van der Waals surface area contributed by atoms with E-state index in [1.54, 1.807) is 56.5 Å². The van der Waals surface area contributed by atoms with Crippen LogP contribution in [0.5, 0.6) is 5.75 Å². The van der Waals surface area contributed by atoms with Gasteiger partial charge < -0.3 is 9.47 Å². The summed E-state index contributed by atoms with van der Waals surface area (Å²) in [5.41, 5.74) is 2.35. The molecule has 6 heteroatoms. The molecule has 2 aromatic carbocycles. The first-order valence-electron chi connectivity index (χ1n) is 8.21. The van der Waals surface area contributed by atoms with Crippen LogP contribution in [0.3, 0.4) is 0 Å². The molecule has 0 spiro atoms. The van der Waals surface area contributed by atoms with E-state index in [2.05, 4.69) is 0 Å². The van der Waals surface area contributed by atoms with Gasteiger partial charge in [-0.2, -0.15) is 0 Å². The maximum absolute atomic E-state index is 13.1. The van der Waals surface area contributed by atoms with E-state index in [0.29, 0.717) is 22.2 Å². The number of rotatable bonds is 4. The highest BCUT2D eigenvalue weighted by Crippen LogP contribution is 2.36. The fourth-order valence-electron chi connectivity index (χ4n) is 2.97. The topological polar surface area (TPSA) is 55.8 Å². The molecule has 1 aliphatic rings. The number of esters is 1. The molecule has 27 heavy (non-hydrogen) atoms. The molecule has 0 saturated heterocycles. The van der Waals surface area contributed by atoms with Crippen LogP contribution in [0.15, 0.2) is 65.4 Å². The van der Waals surface area contributed by atoms with Gasteiger partial charge in [-0.25, -0.2) is 4.79 Å². The molecule has 5 nitrogen and oxygen atoms in total. The van der Waals surface area contributed by atoms with Crippen LogP contribution >= 0.6 is 11.6 Å². The monoisotopic (exact) mass is 383 g/mol. The van der Waals surface area contributed by atoms with E-state index in [0.717, 1.165) is 5.56 Å². The quantitative estimate of drug-likeness (QED) is 0.585. The lowest BCUT2D eigenvalue weighted by atomic mass is 10.0. The number of carbonyl (C=O) groups is 2. The van der Waals surface area contributed by atoms with Crippen molar-refractivity contribution in [3.63, 3.8) is 0 Å². The van der Waals surface area contributed by atoms with Crippen LogP contribution in [-0.4, -0.2) is 26.1 Å².